The normalized spacial score (nSPS) is 21.5. The number of ether oxygens (including phenoxy) is 1. The van der Waals surface area contributed by atoms with Gasteiger partial charge in [0.15, 0.2) is 0 Å². The molecule has 1 aromatic rings. The number of amides is 1. The van der Waals surface area contributed by atoms with Crippen LogP contribution < -0.4 is 5.32 Å². The minimum Gasteiger partial charge on any atom is -0.462 e. The average Bonchev–Trinajstić information content (AvgIpc) is 2.90. The Morgan fingerprint density at radius 2 is 2.21 bits per heavy atom. The first-order valence-electron chi connectivity index (χ1n) is 8.40. The van der Waals surface area contributed by atoms with Gasteiger partial charge in [0.25, 0.3) is 0 Å². The van der Waals surface area contributed by atoms with Crippen LogP contribution in [0.1, 0.15) is 48.3 Å². The second-order valence-corrected chi connectivity index (χ2v) is 7.23. The third kappa shape index (κ3) is 4.55. The van der Waals surface area contributed by atoms with Crippen LogP contribution in [0, 0.1) is 6.92 Å². The zero-order chi connectivity index (χ0) is 17.7. The van der Waals surface area contributed by atoms with Gasteiger partial charge in [-0.05, 0) is 45.2 Å². The maximum absolute atomic E-state index is 12.4. The van der Waals surface area contributed by atoms with Gasteiger partial charge in [0.1, 0.15) is 4.88 Å². The molecule has 0 aromatic carbocycles. The summed E-state index contributed by atoms with van der Waals surface area (Å²) in [5, 5.41) is 13.0. The van der Waals surface area contributed by atoms with Gasteiger partial charge in [-0.15, -0.1) is 11.3 Å². The molecule has 1 saturated heterocycles. The van der Waals surface area contributed by atoms with E-state index in [2.05, 4.69) is 17.1 Å². The maximum atomic E-state index is 12.4. The predicted molar refractivity (Wildman–Crippen MR) is 94.5 cm³/mol. The van der Waals surface area contributed by atoms with E-state index >= 15 is 0 Å². The second kappa shape index (κ2) is 8.60. The summed E-state index contributed by atoms with van der Waals surface area (Å²) in [5.41, 5.74) is 0.799. The number of nitrogens with one attached hydrogen (secondary N) is 1. The Morgan fingerprint density at radius 3 is 2.88 bits per heavy atom. The largest absolute Gasteiger partial charge is 0.462 e. The maximum Gasteiger partial charge on any atom is 0.348 e. The number of nitrogens with zero attached hydrogens (tertiary/aromatic N) is 1. The molecule has 0 bridgehead atoms. The van der Waals surface area contributed by atoms with Gasteiger partial charge >= 0.3 is 5.97 Å². The van der Waals surface area contributed by atoms with E-state index < -0.39 is 0 Å². The predicted octanol–water partition coefficient (Wildman–Crippen LogP) is 2.41. The van der Waals surface area contributed by atoms with Crippen molar-refractivity contribution in [1.82, 2.24) is 4.90 Å². The van der Waals surface area contributed by atoms with Crippen LogP contribution in [0.4, 0.5) is 5.00 Å². The van der Waals surface area contributed by atoms with E-state index in [0.29, 0.717) is 16.5 Å². The van der Waals surface area contributed by atoms with Crippen molar-refractivity contribution in [3.05, 3.63) is 16.5 Å². The van der Waals surface area contributed by atoms with Crippen LogP contribution in [-0.2, 0) is 9.53 Å². The molecule has 0 unspecified atom stereocenters. The number of aryl methyl sites for hydroxylation is 1. The summed E-state index contributed by atoms with van der Waals surface area (Å²) in [4.78, 5) is 26.8. The standard InChI is InChI=1S/C17H26N2O4S/c1-4-23-17(22)16-11(2)8-15(24-16)18-14(21)9-19-12(3)6-5-7-13(19)10-20/h8,12-13,20H,4-7,9-10H2,1-3H3,(H,18,21)/t12-,13+/m0/s1. The number of hydrogen-bond donors (Lipinski definition) is 2. The number of esters is 1. The van der Waals surface area contributed by atoms with Crippen molar-refractivity contribution in [3.8, 4) is 0 Å². The summed E-state index contributed by atoms with van der Waals surface area (Å²) in [7, 11) is 0. The number of carbonyl (C=O) groups is 2. The lowest BCUT2D eigenvalue weighted by Crippen LogP contribution is -2.50. The van der Waals surface area contributed by atoms with Crippen molar-refractivity contribution < 1.29 is 19.4 Å². The third-order valence-electron chi connectivity index (χ3n) is 4.37. The molecule has 1 aliphatic heterocycles. The molecule has 2 N–H and O–H groups in total. The fourth-order valence-corrected chi connectivity index (χ4v) is 4.09. The van der Waals surface area contributed by atoms with Gasteiger partial charge in [0.2, 0.25) is 5.91 Å². The van der Waals surface area contributed by atoms with Gasteiger partial charge in [-0.1, -0.05) is 6.42 Å². The highest BCUT2D eigenvalue weighted by Crippen LogP contribution is 2.28. The number of rotatable bonds is 6. The van der Waals surface area contributed by atoms with Crippen molar-refractivity contribution in [2.75, 3.05) is 25.1 Å². The zero-order valence-corrected chi connectivity index (χ0v) is 15.3. The monoisotopic (exact) mass is 354 g/mol. The first-order chi connectivity index (χ1) is 11.5. The SMILES string of the molecule is CCOC(=O)c1sc(NC(=O)CN2[C@@H](CO)CCC[C@@H]2C)cc1C. The van der Waals surface area contributed by atoms with Crippen LogP contribution in [0.5, 0.6) is 0 Å². The van der Waals surface area contributed by atoms with E-state index in [0.717, 1.165) is 24.8 Å². The Morgan fingerprint density at radius 1 is 1.46 bits per heavy atom. The molecule has 1 aliphatic rings. The molecular formula is C17H26N2O4S. The fourth-order valence-electron chi connectivity index (χ4n) is 3.11. The molecule has 1 fully saturated rings. The van der Waals surface area contributed by atoms with E-state index in [-0.39, 0.29) is 37.1 Å². The number of aliphatic hydroxyl groups excluding tert-OH is 1. The van der Waals surface area contributed by atoms with E-state index in [1.165, 1.54) is 11.3 Å². The molecule has 2 atom stereocenters. The molecule has 1 aromatic heterocycles. The van der Waals surface area contributed by atoms with Gasteiger partial charge in [-0.25, -0.2) is 4.79 Å². The number of anilines is 1. The van der Waals surface area contributed by atoms with Crippen molar-refractivity contribution in [3.63, 3.8) is 0 Å². The van der Waals surface area contributed by atoms with E-state index in [1.807, 2.05) is 6.92 Å². The molecule has 24 heavy (non-hydrogen) atoms. The van der Waals surface area contributed by atoms with E-state index in [4.69, 9.17) is 4.74 Å². The second-order valence-electron chi connectivity index (χ2n) is 6.18. The van der Waals surface area contributed by atoms with Crippen LogP contribution >= 0.6 is 11.3 Å². The number of thiophene rings is 1. The Kier molecular flexibility index (Phi) is 6.77. The average molecular weight is 354 g/mol. The minimum atomic E-state index is -0.356. The van der Waals surface area contributed by atoms with Gasteiger partial charge in [-0.3, -0.25) is 9.69 Å². The first kappa shape index (κ1) is 18.9. The summed E-state index contributed by atoms with van der Waals surface area (Å²) in [6, 6.07) is 2.11. The van der Waals surface area contributed by atoms with Crippen LogP contribution in [-0.4, -0.2) is 53.7 Å². The number of likely N-dealkylation sites (tertiary alicyclic amines) is 1. The van der Waals surface area contributed by atoms with Crippen molar-refractivity contribution in [2.45, 2.75) is 52.1 Å². The summed E-state index contributed by atoms with van der Waals surface area (Å²) < 4.78 is 5.01. The molecule has 0 spiro atoms. The quantitative estimate of drug-likeness (QED) is 0.767. The van der Waals surface area contributed by atoms with Crippen LogP contribution in [0.2, 0.25) is 0 Å². The molecule has 0 aliphatic carbocycles. The van der Waals surface area contributed by atoms with E-state index in [1.54, 1.807) is 13.0 Å². The summed E-state index contributed by atoms with van der Waals surface area (Å²) in [6.45, 7) is 6.32. The molecule has 6 nitrogen and oxygen atoms in total. The molecule has 2 rings (SSSR count). The minimum absolute atomic E-state index is 0.0414. The summed E-state index contributed by atoms with van der Waals surface area (Å²) >= 11 is 1.23. The van der Waals surface area contributed by atoms with Crippen molar-refractivity contribution in [2.24, 2.45) is 0 Å². The van der Waals surface area contributed by atoms with Gasteiger partial charge in [0, 0.05) is 12.1 Å². The van der Waals surface area contributed by atoms with Crippen LogP contribution in [0.25, 0.3) is 0 Å². The smallest absolute Gasteiger partial charge is 0.348 e. The topological polar surface area (TPSA) is 78.9 Å². The summed E-state index contributed by atoms with van der Waals surface area (Å²) in [5.74, 6) is -0.482. The molecule has 1 amide bonds. The highest BCUT2D eigenvalue weighted by molar-refractivity contribution is 7.18. The zero-order valence-electron chi connectivity index (χ0n) is 14.5. The number of aliphatic hydroxyl groups is 1. The highest BCUT2D eigenvalue weighted by Gasteiger charge is 2.29. The Bertz CT molecular complexity index is 587. The number of hydrogen-bond acceptors (Lipinski definition) is 6. The highest BCUT2D eigenvalue weighted by atomic mass is 32.1. The lowest BCUT2D eigenvalue weighted by Gasteiger charge is -2.39. The Hall–Kier alpha value is -1.44. The Labute approximate surface area is 146 Å². The third-order valence-corrected chi connectivity index (χ3v) is 5.51. The molecule has 2 heterocycles. The molecule has 7 heteroatoms. The fraction of sp³-hybridized carbons (Fsp3) is 0.647. The lowest BCUT2D eigenvalue weighted by molar-refractivity contribution is -0.119. The number of piperidine rings is 1. The van der Waals surface area contributed by atoms with Crippen LogP contribution in [0.15, 0.2) is 6.07 Å². The van der Waals surface area contributed by atoms with Crippen LogP contribution in [0.3, 0.4) is 0 Å². The molecule has 134 valence electrons. The van der Waals surface area contributed by atoms with Crippen molar-refractivity contribution in [1.29, 1.82) is 0 Å². The molecular weight excluding hydrogens is 328 g/mol. The van der Waals surface area contributed by atoms with Gasteiger partial charge in [-0.2, -0.15) is 0 Å². The van der Waals surface area contributed by atoms with Gasteiger partial charge in [0.05, 0.1) is 24.8 Å². The first-order valence-corrected chi connectivity index (χ1v) is 9.21. The summed E-state index contributed by atoms with van der Waals surface area (Å²) in [6.07, 6.45) is 3.03. The lowest BCUT2D eigenvalue weighted by atomic mass is 9.97. The molecule has 0 radical (unpaired) electrons. The Balaban J connectivity index is 1.99. The van der Waals surface area contributed by atoms with E-state index in [9.17, 15) is 14.7 Å². The number of carbonyl (C=O) groups excluding carboxylic acids is 2. The van der Waals surface area contributed by atoms with Gasteiger partial charge < -0.3 is 15.2 Å². The van der Waals surface area contributed by atoms with Crippen molar-refractivity contribution >= 4 is 28.2 Å². The molecule has 0 saturated carbocycles.